The van der Waals surface area contributed by atoms with Crippen LogP contribution in [-0.4, -0.2) is 44.4 Å². The number of amides is 1. The van der Waals surface area contributed by atoms with Gasteiger partial charge in [0.25, 0.3) is 0 Å². The van der Waals surface area contributed by atoms with Gasteiger partial charge >= 0.3 is 0 Å². The Morgan fingerprint density at radius 2 is 2.00 bits per heavy atom. The first-order valence-corrected chi connectivity index (χ1v) is 10.2. The number of hydrogen-bond acceptors (Lipinski definition) is 5. The number of carbonyl (C=O) groups is 1. The molecule has 1 saturated heterocycles. The van der Waals surface area contributed by atoms with E-state index in [4.69, 9.17) is 4.42 Å². The summed E-state index contributed by atoms with van der Waals surface area (Å²) in [6, 6.07) is 3.86. The van der Waals surface area contributed by atoms with Crippen molar-refractivity contribution in [3.05, 3.63) is 30.0 Å². The van der Waals surface area contributed by atoms with E-state index in [1.165, 1.54) is 37.4 Å². The Balaban J connectivity index is 1.43. The molecule has 1 aliphatic heterocycles. The van der Waals surface area contributed by atoms with Gasteiger partial charge in [-0.1, -0.05) is 24.6 Å². The predicted octanol–water partition coefficient (Wildman–Crippen LogP) is 3.29. The van der Waals surface area contributed by atoms with E-state index in [9.17, 15) is 4.79 Å². The van der Waals surface area contributed by atoms with Gasteiger partial charge < -0.3 is 9.32 Å². The van der Waals surface area contributed by atoms with Gasteiger partial charge in [-0.05, 0) is 37.8 Å². The van der Waals surface area contributed by atoms with Gasteiger partial charge in [0.2, 0.25) is 5.91 Å². The fourth-order valence-electron chi connectivity index (χ4n) is 3.29. The highest BCUT2D eigenvalue weighted by Crippen LogP contribution is 2.40. The molecule has 7 heteroatoms. The summed E-state index contributed by atoms with van der Waals surface area (Å²) in [5.74, 6) is 3.08. The Kier molecular flexibility index (Phi) is 5.10. The first-order valence-electron chi connectivity index (χ1n) is 9.17. The number of hydrogen-bond donors (Lipinski definition) is 0. The van der Waals surface area contributed by atoms with E-state index in [0.717, 1.165) is 42.7 Å². The standard InChI is InChI=1S/C18H24N4O2S/c23-16(21-9-3-1-2-4-10-21)13-25-18-20-19-17(14-7-8-14)22(18)12-15-6-5-11-24-15/h5-6,11,14H,1-4,7-10,12-13H2. The van der Waals surface area contributed by atoms with Crippen LogP contribution in [0.25, 0.3) is 0 Å². The van der Waals surface area contributed by atoms with Crippen LogP contribution in [0.3, 0.4) is 0 Å². The summed E-state index contributed by atoms with van der Waals surface area (Å²) in [5.41, 5.74) is 0. The Hall–Kier alpha value is -1.76. The molecule has 25 heavy (non-hydrogen) atoms. The largest absolute Gasteiger partial charge is 0.467 e. The molecule has 6 nitrogen and oxygen atoms in total. The summed E-state index contributed by atoms with van der Waals surface area (Å²) in [5, 5.41) is 9.57. The topological polar surface area (TPSA) is 64.2 Å². The third-order valence-electron chi connectivity index (χ3n) is 4.87. The monoisotopic (exact) mass is 360 g/mol. The maximum atomic E-state index is 12.5. The van der Waals surface area contributed by atoms with Gasteiger partial charge in [0, 0.05) is 19.0 Å². The number of thioether (sulfide) groups is 1. The van der Waals surface area contributed by atoms with E-state index < -0.39 is 0 Å². The van der Waals surface area contributed by atoms with Crippen molar-refractivity contribution < 1.29 is 9.21 Å². The van der Waals surface area contributed by atoms with E-state index in [2.05, 4.69) is 14.8 Å². The summed E-state index contributed by atoms with van der Waals surface area (Å²) in [4.78, 5) is 14.5. The average molecular weight is 360 g/mol. The van der Waals surface area contributed by atoms with Crippen molar-refractivity contribution in [1.29, 1.82) is 0 Å². The second-order valence-corrected chi connectivity index (χ2v) is 7.81. The zero-order chi connectivity index (χ0) is 17.1. The van der Waals surface area contributed by atoms with E-state index in [1.807, 2.05) is 17.0 Å². The first-order chi connectivity index (χ1) is 12.3. The van der Waals surface area contributed by atoms with E-state index in [-0.39, 0.29) is 5.91 Å². The third-order valence-corrected chi connectivity index (χ3v) is 5.82. The molecule has 0 atom stereocenters. The summed E-state index contributed by atoms with van der Waals surface area (Å²) in [7, 11) is 0. The molecule has 1 amide bonds. The number of likely N-dealkylation sites (tertiary alicyclic amines) is 1. The second kappa shape index (κ2) is 7.64. The molecule has 2 aromatic heterocycles. The lowest BCUT2D eigenvalue weighted by molar-refractivity contribution is -0.128. The molecule has 2 aliphatic rings. The van der Waals surface area contributed by atoms with E-state index in [1.54, 1.807) is 6.26 Å². The molecule has 3 heterocycles. The van der Waals surface area contributed by atoms with E-state index in [0.29, 0.717) is 18.2 Å². The average Bonchev–Trinajstić information content (AvgIpc) is 3.29. The van der Waals surface area contributed by atoms with Crippen molar-refractivity contribution in [2.24, 2.45) is 0 Å². The van der Waals surface area contributed by atoms with Crippen LogP contribution >= 0.6 is 11.8 Å². The molecule has 2 aromatic rings. The Labute approximate surface area is 152 Å². The zero-order valence-corrected chi connectivity index (χ0v) is 15.2. The molecule has 0 N–H and O–H groups in total. The Morgan fingerprint density at radius 3 is 2.68 bits per heavy atom. The molecule has 0 spiro atoms. The highest BCUT2D eigenvalue weighted by Gasteiger charge is 2.31. The van der Waals surface area contributed by atoms with Crippen molar-refractivity contribution in [1.82, 2.24) is 19.7 Å². The van der Waals surface area contributed by atoms with Crippen LogP contribution in [0.5, 0.6) is 0 Å². The molecular weight excluding hydrogens is 336 g/mol. The molecular formula is C18H24N4O2S. The van der Waals surface area contributed by atoms with Gasteiger partial charge in [-0.3, -0.25) is 9.36 Å². The lowest BCUT2D eigenvalue weighted by Crippen LogP contribution is -2.33. The van der Waals surface area contributed by atoms with Crippen LogP contribution in [0, 0.1) is 0 Å². The van der Waals surface area contributed by atoms with Crippen LogP contribution in [-0.2, 0) is 11.3 Å². The molecule has 0 unspecified atom stereocenters. The molecule has 0 aromatic carbocycles. The summed E-state index contributed by atoms with van der Waals surface area (Å²) in [6.07, 6.45) is 8.75. The van der Waals surface area contributed by atoms with Crippen LogP contribution < -0.4 is 0 Å². The Morgan fingerprint density at radius 1 is 1.20 bits per heavy atom. The molecule has 1 saturated carbocycles. The van der Waals surface area contributed by atoms with Gasteiger partial charge in [0.05, 0.1) is 18.6 Å². The smallest absolute Gasteiger partial charge is 0.233 e. The van der Waals surface area contributed by atoms with Gasteiger partial charge in [-0.25, -0.2) is 0 Å². The minimum atomic E-state index is 0.215. The van der Waals surface area contributed by atoms with Crippen LogP contribution in [0.1, 0.15) is 56.0 Å². The zero-order valence-electron chi connectivity index (χ0n) is 14.4. The summed E-state index contributed by atoms with van der Waals surface area (Å²) in [6.45, 7) is 2.42. The number of rotatable bonds is 6. The van der Waals surface area contributed by atoms with E-state index >= 15 is 0 Å². The van der Waals surface area contributed by atoms with Crippen molar-refractivity contribution in [3.8, 4) is 0 Å². The minimum absolute atomic E-state index is 0.215. The molecule has 134 valence electrons. The summed E-state index contributed by atoms with van der Waals surface area (Å²) >= 11 is 1.50. The molecule has 0 radical (unpaired) electrons. The highest BCUT2D eigenvalue weighted by atomic mass is 32.2. The van der Waals surface area contributed by atoms with Gasteiger partial charge in [-0.2, -0.15) is 0 Å². The van der Waals surface area contributed by atoms with Crippen LogP contribution in [0.15, 0.2) is 28.0 Å². The molecule has 0 bridgehead atoms. The number of furan rings is 1. The van der Waals surface area contributed by atoms with Crippen molar-refractivity contribution in [2.75, 3.05) is 18.8 Å². The SMILES string of the molecule is O=C(CSc1nnc(C2CC2)n1Cc1ccco1)N1CCCCCC1. The van der Waals surface area contributed by atoms with Crippen molar-refractivity contribution in [3.63, 3.8) is 0 Å². The van der Waals surface area contributed by atoms with Gasteiger partial charge in [-0.15, -0.1) is 10.2 Å². The number of nitrogens with zero attached hydrogens (tertiary/aromatic N) is 4. The first kappa shape index (κ1) is 16.7. The highest BCUT2D eigenvalue weighted by molar-refractivity contribution is 7.99. The Bertz CT molecular complexity index is 701. The predicted molar refractivity (Wildman–Crippen MR) is 95.6 cm³/mol. The van der Waals surface area contributed by atoms with Gasteiger partial charge in [0.15, 0.2) is 5.16 Å². The molecule has 1 aliphatic carbocycles. The minimum Gasteiger partial charge on any atom is -0.467 e. The lowest BCUT2D eigenvalue weighted by atomic mass is 10.2. The fourth-order valence-corrected chi connectivity index (χ4v) is 4.14. The van der Waals surface area contributed by atoms with Crippen molar-refractivity contribution in [2.45, 2.75) is 56.1 Å². The lowest BCUT2D eigenvalue weighted by Gasteiger charge is -2.19. The maximum absolute atomic E-state index is 12.5. The summed E-state index contributed by atoms with van der Waals surface area (Å²) < 4.78 is 7.61. The quantitative estimate of drug-likeness (QED) is 0.740. The molecule has 2 fully saturated rings. The number of aromatic nitrogens is 3. The fraction of sp³-hybridized carbons (Fsp3) is 0.611. The maximum Gasteiger partial charge on any atom is 0.233 e. The number of carbonyl (C=O) groups excluding carboxylic acids is 1. The third kappa shape index (κ3) is 4.08. The molecule has 4 rings (SSSR count). The van der Waals surface area contributed by atoms with Gasteiger partial charge in [0.1, 0.15) is 11.6 Å². The van der Waals surface area contributed by atoms with Crippen LogP contribution in [0.4, 0.5) is 0 Å². The van der Waals surface area contributed by atoms with Crippen molar-refractivity contribution >= 4 is 17.7 Å². The second-order valence-electron chi connectivity index (χ2n) is 6.86. The normalized spacial score (nSPS) is 18.3. The van der Waals surface area contributed by atoms with Crippen LogP contribution in [0.2, 0.25) is 0 Å².